The number of nitro benzene ring substituents is 1. The number of nitrogens with zero attached hydrogens (tertiary/aromatic N) is 2. The van der Waals surface area contributed by atoms with Crippen LogP contribution in [-0.2, 0) is 9.53 Å². The van der Waals surface area contributed by atoms with Gasteiger partial charge in [-0.25, -0.2) is 9.79 Å². The van der Waals surface area contributed by atoms with E-state index in [1.54, 1.807) is 12.1 Å². The van der Waals surface area contributed by atoms with Gasteiger partial charge in [-0.2, -0.15) is 0 Å². The molecule has 0 radical (unpaired) electrons. The molecule has 1 heterocycles. The van der Waals surface area contributed by atoms with E-state index >= 15 is 0 Å². The second kappa shape index (κ2) is 6.86. The van der Waals surface area contributed by atoms with Crippen LogP contribution in [0.25, 0.3) is 6.08 Å². The Hall–Kier alpha value is -3.00. The zero-order valence-corrected chi connectivity index (χ0v) is 14.5. The number of carbonyl (C=O) groups excluding carboxylic acids is 1. The van der Waals surface area contributed by atoms with Gasteiger partial charge in [0.25, 0.3) is 0 Å². The van der Waals surface area contributed by atoms with Crippen molar-refractivity contribution < 1.29 is 19.2 Å². The molecule has 2 aromatic rings. The topological polar surface area (TPSA) is 91.0 Å². The molecule has 1 aliphatic rings. The maximum Gasteiger partial charge on any atom is 0.363 e. The highest BCUT2D eigenvalue weighted by molar-refractivity contribution is 9.10. The minimum atomic E-state index is -0.617. The van der Waals surface area contributed by atoms with E-state index in [2.05, 4.69) is 20.9 Å². The molecule has 0 amide bonds. The van der Waals surface area contributed by atoms with Crippen molar-refractivity contribution in [3.63, 3.8) is 0 Å². The van der Waals surface area contributed by atoms with Gasteiger partial charge in [0.05, 0.1) is 12.0 Å². The fourth-order valence-corrected chi connectivity index (χ4v) is 2.67. The molecule has 126 valence electrons. The smallest absolute Gasteiger partial charge is 0.363 e. The number of methoxy groups -OCH3 is 1. The number of hydrogen-bond acceptors (Lipinski definition) is 6. The van der Waals surface area contributed by atoms with Crippen molar-refractivity contribution in [1.82, 2.24) is 0 Å². The summed E-state index contributed by atoms with van der Waals surface area (Å²) >= 11 is 3.35. The fraction of sp³-hybridized carbons (Fsp3) is 0.0588. The number of cyclic esters (lactones) is 1. The van der Waals surface area contributed by atoms with Gasteiger partial charge >= 0.3 is 11.7 Å². The maximum atomic E-state index is 12.0. The number of rotatable bonds is 4. The summed E-state index contributed by atoms with van der Waals surface area (Å²) < 4.78 is 11.0. The second-order valence-corrected chi connectivity index (χ2v) is 5.95. The largest absolute Gasteiger partial charge is 0.490 e. The fourth-order valence-electron chi connectivity index (χ4n) is 2.25. The number of carbonyl (C=O) groups is 1. The lowest BCUT2D eigenvalue weighted by Crippen LogP contribution is -2.06. The first-order valence-corrected chi connectivity index (χ1v) is 7.88. The summed E-state index contributed by atoms with van der Waals surface area (Å²) in [6, 6.07) is 11.6. The molecule has 0 aromatic heterocycles. The highest BCUT2D eigenvalue weighted by atomic mass is 79.9. The van der Waals surface area contributed by atoms with Gasteiger partial charge in [-0.05, 0) is 35.9 Å². The van der Waals surface area contributed by atoms with Crippen molar-refractivity contribution in [3.8, 4) is 5.75 Å². The number of hydrogen-bond donors (Lipinski definition) is 0. The molecule has 0 spiro atoms. The van der Waals surface area contributed by atoms with Gasteiger partial charge in [0.1, 0.15) is 0 Å². The third-order valence-corrected chi connectivity index (χ3v) is 3.89. The van der Waals surface area contributed by atoms with Crippen molar-refractivity contribution in [2.45, 2.75) is 0 Å². The number of aliphatic imine (C=N–C) groups is 1. The predicted octanol–water partition coefficient (Wildman–Crippen LogP) is 3.71. The van der Waals surface area contributed by atoms with Crippen LogP contribution >= 0.6 is 15.9 Å². The third-order valence-electron chi connectivity index (χ3n) is 3.40. The lowest BCUT2D eigenvalue weighted by atomic mass is 10.2. The molecule has 3 rings (SSSR count). The molecule has 25 heavy (non-hydrogen) atoms. The van der Waals surface area contributed by atoms with Crippen molar-refractivity contribution in [1.29, 1.82) is 0 Å². The van der Waals surface area contributed by atoms with E-state index in [1.807, 2.05) is 24.3 Å². The van der Waals surface area contributed by atoms with E-state index < -0.39 is 10.9 Å². The van der Waals surface area contributed by atoms with Crippen molar-refractivity contribution in [2.75, 3.05) is 7.11 Å². The second-order valence-electron chi connectivity index (χ2n) is 5.03. The lowest BCUT2D eigenvalue weighted by molar-refractivity contribution is -0.385. The summed E-state index contributed by atoms with van der Waals surface area (Å²) in [7, 11) is 1.34. The minimum absolute atomic E-state index is 0.0111. The molecule has 0 fully saturated rings. The van der Waals surface area contributed by atoms with Crippen molar-refractivity contribution in [2.24, 2.45) is 4.99 Å². The quantitative estimate of drug-likeness (QED) is 0.336. The first-order chi connectivity index (χ1) is 12.0. The van der Waals surface area contributed by atoms with Crippen LogP contribution in [0.5, 0.6) is 5.75 Å². The van der Waals surface area contributed by atoms with Gasteiger partial charge < -0.3 is 9.47 Å². The van der Waals surface area contributed by atoms with Crippen LogP contribution in [0.2, 0.25) is 0 Å². The van der Waals surface area contributed by atoms with Crippen LogP contribution in [0.15, 0.2) is 57.6 Å². The molecule has 8 heteroatoms. The zero-order valence-electron chi connectivity index (χ0n) is 12.9. The monoisotopic (exact) mass is 402 g/mol. The van der Waals surface area contributed by atoms with Crippen LogP contribution in [0.4, 0.5) is 5.69 Å². The molecular weight excluding hydrogens is 392 g/mol. The third kappa shape index (κ3) is 3.58. The van der Waals surface area contributed by atoms with E-state index in [0.29, 0.717) is 5.56 Å². The van der Waals surface area contributed by atoms with Crippen LogP contribution in [0, 0.1) is 10.1 Å². The van der Waals surface area contributed by atoms with E-state index in [1.165, 1.54) is 19.2 Å². The van der Waals surface area contributed by atoms with Gasteiger partial charge in [0.15, 0.2) is 11.4 Å². The summed E-state index contributed by atoms with van der Waals surface area (Å²) in [4.78, 5) is 26.7. The Balaban J connectivity index is 1.98. The maximum absolute atomic E-state index is 12.0. The van der Waals surface area contributed by atoms with E-state index in [0.717, 1.165) is 10.0 Å². The SMILES string of the molecule is COc1ccc(C2=N/C(=C\c3cccc(Br)c3)C(=O)O2)cc1[N+](=O)[O-]. The van der Waals surface area contributed by atoms with E-state index in [-0.39, 0.29) is 23.0 Å². The first-order valence-electron chi connectivity index (χ1n) is 7.09. The molecule has 0 bridgehead atoms. The Morgan fingerprint density at radius 1 is 1.28 bits per heavy atom. The van der Waals surface area contributed by atoms with E-state index in [9.17, 15) is 14.9 Å². The average molecular weight is 403 g/mol. The van der Waals surface area contributed by atoms with Crippen molar-refractivity contribution in [3.05, 3.63) is 73.9 Å². The predicted molar refractivity (Wildman–Crippen MR) is 94.4 cm³/mol. The summed E-state index contributed by atoms with van der Waals surface area (Å²) in [6.07, 6.45) is 1.58. The van der Waals surface area contributed by atoms with Gasteiger partial charge in [0.2, 0.25) is 5.90 Å². The molecule has 0 N–H and O–H groups in total. The highest BCUT2D eigenvalue weighted by Crippen LogP contribution is 2.29. The van der Waals surface area contributed by atoms with E-state index in [4.69, 9.17) is 9.47 Å². The molecule has 7 nitrogen and oxygen atoms in total. The molecule has 2 aromatic carbocycles. The number of ether oxygens (including phenoxy) is 2. The zero-order chi connectivity index (χ0) is 18.0. The Morgan fingerprint density at radius 3 is 2.76 bits per heavy atom. The molecular formula is C17H11BrN2O5. The molecule has 0 saturated carbocycles. The number of benzene rings is 2. The van der Waals surface area contributed by atoms with Crippen LogP contribution in [-0.4, -0.2) is 23.9 Å². The average Bonchev–Trinajstić information content (AvgIpc) is 2.95. The van der Waals surface area contributed by atoms with Crippen LogP contribution in [0.3, 0.4) is 0 Å². The Morgan fingerprint density at radius 2 is 2.08 bits per heavy atom. The van der Waals surface area contributed by atoms with Gasteiger partial charge in [-0.15, -0.1) is 0 Å². The summed E-state index contributed by atoms with van der Waals surface area (Å²) in [5, 5.41) is 11.1. The summed E-state index contributed by atoms with van der Waals surface area (Å²) in [5.41, 5.74) is 0.972. The van der Waals surface area contributed by atoms with Gasteiger partial charge in [-0.1, -0.05) is 28.1 Å². The Labute approximate surface area is 150 Å². The number of halogens is 1. The molecule has 1 aliphatic heterocycles. The van der Waals surface area contributed by atoms with Gasteiger partial charge in [0, 0.05) is 16.1 Å². The summed E-state index contributed by atoms with van der Waals surface area (Å²) in [5.74, 6) is -0.492. The van der Waals surface area contributed by atoms with Crippen molar-refractivity contribution >= 4 is 39.6 Å². The number of esters is 1. The first kappa shape index (κ1) is 16.8. The lowest BCUT2D eigenvalue weighted by Gasteiger charge is -2.03. The molecule has 0 unspecified atom stereocenters. The molecule has 0 aliphatic carbocycles. The molecule has 0 saturated heterocycles. The Bertz CT molecular complexity index is 936. The normalized spacial score (nSPS) is 15.0. The van der Waals surface area contributed by atoms with Crippen LogP contribution in [0.1, 0.15) is 11.1 Å². The Kier molecular flexibility index (Phi) is 4.62. The van der Waals surface area contributed by atoms with Gasteiger partial charge in [-0.3, -0.25) is 10.1 Å². The minimum Gasteiger partial charge on any atom is -0.490 e. The number of nitro groups is 1. The highest BCUT2D eigenvalue weighted by Gasteiger charge is 2.26. The molecule has 0 atom stereocenters. The summed E-state index contributed by atoms with van der Waals surface area (Å²) in [6.45, 7) is 0. The van der Waals surface area contributed by atoms with Crippen LogP contribution < -0.4 is 4.74 Å². The standard InChI is InChI=1S/C17H11BrN2O5/c1-24-15-6-5-11(9-14(15)20(22)23)16-19-13(17(21)25-16)8-10-3-2-4-12(18)7-10/h2-9H,1H3/b13-8-.